The van der Waals surface area contributed by atoms with E-state index in [-0.39, 0.29) is 24.4 Å². The van der Waals surface area contributed by atoms with Crippen molar-refractivity contribution in [3.8, 4) is 0 Å². The Bertz CT molecular complexity index is 1040. The number of carbonyl (C=O) groups excluding carboxylic acids is 1. The second-order valence-corrected chi connectivity index (χ2v) is 7.12. The Kier molecular flexibility index (Phi) is 6.40. The molecule has 0 radical (unpaired) electrons. The number of alkyl halides is 3. The van der Waals surface area contributed by atoms with Crippen LogP contribution in [0.5, 0.6) is 0 Å². The molecule has 0 saturated heterocycles. The zero-order valence-electron chi connectivity index (χ0n) is 16.2. The summed E-state index contributed by atoms with van der Waals surface area (Å²) >= 11 is 6.16. The Hall–Kier alpha value is -2.94. The first-order valence-electron chi connectivity index (χ1n) is 9.15. The minimum absolute atomic E-state index is 0.0529. The van der Waals surface area contributed by atoms with Gasteiger partial charge >= 0.3 is 6.18 Å². The molecule has 10 heteroatoms. The van der Waals surface area contributed by atoms with Gasteiger partial charge in [-0.1, -0.05) is 24.6 Å². The van der Waals surface area contributed by atoms with E-state index in [1.54, 1.807) is 36.3 Å². The number of anilines is 1. The van der Waals surface area contributed by atoms with Crippen LogP contribution in [0.2, 0.25) is 5.02 Å². The van der Waals surface area contributed by atoms with Crippen molar-refractivity contribution in [3.63, 3.8) is 0 Å². The van der Waals surface area contributed by atoms with Crippen LogP contribution < -0.4 is 5.32 Å². The summed E-state index contributed by atoms with van der Waals surface area (Å²) < 4.78 is 37.9. The maximum absolute atomic E-state index is 13.1. The third-order valence-corrected chi connectivity index (χ3v) is 4.93. The predicted octanol–water partition coefficient (Wildman–Crippen LogP) is 4.66. The molecule has 30 heavy (non-hydrogen) atoms. The number of carbonyl (C=O) groups is 1. The van der Waals surface area contributed by atoms with Crippen molar-refractivity contribution < 1.29 is 18.0 Å². The molecule has 2 aromatic heterocycles. The van der Waals surface area contributed by atoms with E-state index in [2.05, 4.69) is 20.3 Å². The van der Waals surface area contributed by atoms with Gasteiger partial charge in [-0.05, 0) is 24.6 Å². The average Bonchev–Trinajstić information content (AvgIpc) is 2.72. The van der Waals surface area contributed by atoms with Crippen molar-refractivity contribution in [1.29, 1.82) is 0 Å². The van der Waals surface area contributed by atoms with Crippen LogP contribution >= 0.6 is 11.6 Å². The summed E-state index contributed by atoms with van der Waals surface area (Å²) in [5.41, 5.74) is 0.00480. The summed E-state index contributed by atoms with van der Waals surface area (Å²) in [6.07, 6.45) is -0.857. The Balaban J connectivity index is 1.75. The molecule has 0 bridgehead atoms. The summed E-state index contributed by atoms with van der Waals surface area (Å²) in [4.78, 5) is 26.4. The highest BCUT2D eigenvalue weighted by atomic mass is 35.5. The molecule has 0 saturated carbocycles. The fourth-order valence-electron chi connectivity index (χ4n) is 3.00. The highest BCUT2D eigenvalue weighted by Gasteiger charge is 2.31. The Morgan fingerprint density at radius 1 is 1.23 bits per heavy atom. The van der Waals surface area contributed by atoms with Crippen LogP contribution in [0.4, 0.5) is 19.1 Å². The summed E-state index contributed by atoms with van der Waals surface area (Å²) in [5.74, 6) is -0.208. The van der Waals surface area contributed by atoms with E-state index in [0.29, 0.717) is 22.5 Å². The third-order valence-electron chi connectivity index (χ3n) is 4.71. The molecular weight excluding hydrogens is 419 g/mol. The second kappa shape index (κ2) is 8.83. The lowest BCUT2D eigenvalue weighted by Crippen LogP contribution is -2.41. The molecule has 3 aromatic rings. The van der Waals surface area contributed by atoms with Gasteiger partial charge in [-0.2, -0.15) is 13.2 Å². The minimum Gasteiger partial charge on any atom is -0.352 e. The number of pyridine rings is 1. The van der Waals surface area contributed by atoms with Gasteiger partial charge in [0, 0.05) is 48.6 Å². The summed E-state index contributed by atoms with van der Waals surface area (Å²) in [6, 6.07) is 6.64. The van der Waals surface area contributed by atoms with Crippen molar-refractivity contribution in [2.24, 2.45) is 0 Å². The van der Waals surface area contributed by atoms with Crippen LogP contribution in [-0.4, -0.2) is 45.4 Å². The number of fused-ring (bicyclic) bond motifs is 1. The zero-order valence-corrected chi connectivity index (χ0v) is 17.0. The Morgan fingerprint density at radius 2 is 1.93 bits per heavy atom. The molecule has 2 heterocycles. The lowest BCUT2D eigenvalue weighted by Gasteiger charge is -2.28. The van der Waals surface area contributed by atoms with E-state index in [4.69, 9.17) is 11.6 Å². The highest BCUT2D eigenvalue weighted by Crippen LogP contribution is 2.28. The molecule has 1 aromatic carbocycles. The fraction of sp³-hybridized carbons (Fsp3) is 0.300. The molecule has 1 N–H and O–H groups in total. The van der Waals surface area contributed by atoms with Crippen LogP contribution in [0.15, 0.2) is 42.9 Å². The van der Waals surface area contributed by atoms with Crippen LogP contribution in [0.25, 0.3) is 10.9 Å². The zero-order chi connectivity index (χ0) is 21.9. The topological polar surface area (TPSA) is 71.0 Å². The number of benzene rings is 1. The molecule has 0 aliphatic heterocycles. The Morgan fingerprint density at radius 3 is 2.57 bits per heavy atom. The molecule has 0 aliphatic rings. The van der Waals surface area contributed by atoms with Gasteiger partial charge in [-0.25, -0.2) is 9.97 Å². The first-order chi connectivity index (χ1) is 14.2. The summed E-state index contributed by atoms with van der Waals surface area (Å²) in [7, 11) is 1.65. The first kappa shape index (κ1) is 21.8. The highest BCUT2D eigenvalue weighted by molar-refractivity contribution is 6.32. The van der Waals surface area contributed by atoms with E-state index in [0.717, 1.165) is 17.8 Å². The number of halogens is 4. The summed E-state index contributed by atoms with van der Waals surface area (Å²) in [6.45, 7) is 2.16. The smallest absolute Gasteiger partial charge is 0.352 e. The molecule has 3 rings (SSSR count). The van der Waals surface area contributed by atoms with Crippen LogP contribution in [-0.2, 0) is 6.18 Å². The van der Waals surface area contributed by atoms with Crippen LogP contribution in [0.3, 0.4) is 0 Å². The molecule has 1 unspecified atom stereocenters. The molecule has 0 aliphatic carbocycles. The van der Waals surface area contributed by atoms with E-state index in [1.165, 1.54) is 0 Å². The second-order valence-electron chi connectivity index (χ2n) is 6.68. The van der Waals surface area contributed by atoms with Gasteiger partial charge in [0.25, 0.3) is 5.91 Å². The summed E-state index contributed by atoms with van der Waals surface area (Å²) in [5, 5.41) is 4.07. The van der Waals surface area contributed by atoms with Gasteiger partial charge in [0.2, 0.25) is 5.95 Å². The number of hydrogen-bond acceptors (Lipinski definition) is 5. The van der Waals surface area contributed by atoms with Gasteiger partial charge in [0.1, 0.15) is 0 Å². The normalized spacial score (nSPS) is 12.6. The monoisotopic (exact) mass is 437 g/mol. The molecule has 0 spiro atoms. The number of amides is 1. The van der Waals surface area contributed by atoms with E-state index in [9.17, 15) is 18.0 Å². The lowest BCUT2D eigenvalue weighted by molar-refractivity contribution is -0.138. The molecule has 1 amide bonds. The van der Waals surface area contributed by atoms with Crippen molar-refractivity contribution >= 4 is 34.4 Å². The first-order valence-corrected chi connectivity index (χ1v) is 9.53. The van der Waals surface area contributed by atoms with Gasteiger partial charge in [0.15, 0.2) is 0 Å². The quantitative estimate of drug-likeness (QED) is 0.607. The molecule has 0 fully saturated rings. The number of likely N-dealkylation sites (N-methyl/N-ethyl adjacent to an activating group) is 1. The van der Waals surface area contributed by atoms with E-state index < -0.39 is 11.7 Å². The maximum Gasteiger partial charge on any atom is 0.419 e. The van der Waals surface area contributed by atoms with Crippen molar-refractivity contribution in [3.05, 3.63) is 59.0 Å². The lowest BCUT2D eigenvalue weighted by atomic mass is 10.1. The van der Waals surface area contributed by atoms with Crippen molar-refractivity contribution in [1.82, 2.24) is 19.9 Å². The minimum atomic E-state index is -4.50. The Labute approximate surface area is 176 Å². The van der Waals surface area contributed by atoms with E-state index in [1.807, 2.05) is 13.0 Å². The molecule has 158 valence electrons. The van der Waals surface area contributed by atoms with Gasteiger partial charge in [0.05, 0.1) is 16.6 Å². The number of nitrogens with zero attached hydrogens (tertiary/aromatic N) is 4. The average molecular weight is 438 g/mol. The SMILES string of the molecule is CCC(CNc1ncc(C(F)(F)F)cn1)N(C)C(=O)c1cc(Cl)cc2cccnc12. The molecule has 1 atom stereocenters. The maximum atomic E-state index is 13.1. The fourth-order valence-corrected chi connectivity index (χ4v) is 3.23. The molecular formula is C20H19ClF3N5O. The third kappa shape index (κ3) is 4.79. The van der Waals surface area contributed by atoms with Gasteiger partial charge in [-0.15, -0.1) is 0 Å². The van der Waals surface area contributed by atoms with Gasteiger partial charge < -0.3 is 10.2 Å². The van der Waals surface area contributed by atoms with Crippen LogP contribution in [0, 0.1) is 0 Å². The largest absolute Gasteiger partial charge is 0.419 e. The van der Waals surface area contributed by atoms with Crippen molar-refractivity contribution in [2.45, 2.75) is 25.6 Å². The number of rotatable bonds is 6. The standard InChI is InChI=1S/C20H19ClF3N5O/c1-3-15(11-28-19-26-9-13(10-27-19)20(22,23)24)29(2)18(30)16-8-14(21)7-12-5-4-6-25-17(12)16/h4-10,15H,3,11H2,1-2H3,(H,26,27,28). The number of nitrogens with one attached hydrogen (secondary N) is 1. The van der Waals surface area contributed by atoms with Crippen LogP contribution in [0.1, 0.15) is 29.3 Å². The predicted molar refractivity (Wildman–Crippen MR) is 108 cm³/mol. The van der Waals surface area contributed by atoms with Gasteiger partial charge in [-0.3, -0.25) is 9.78 Å². The van der Waals surface area contributed by atoms with E-state index >= 15 is 0 Å². The number of hydrogen-bond donors (Lipinski definition) is 1. The van der Waals surface area contributed by atoms with Crippen molar-refractivity contribution in [2.75, 3.05) is 18.9 Å². The number of aromatic nitrogens is 3. The molecule has 6 nitrogen and oxygen atoms in total.